The van der Waals surface area contributed by atoms with E-state index in [1.807, 2.05) is 0 Å². The highest BCUT2D eigenvalue weighted by Gasteiger charge is 2.27. The zero-order valence-corrected chi connectivity index (χ0v) is 6.54. The third-order valence-electron chi connectivity index (χ3n) is 1.96. The molecule has 1 aliphatic rings. The Morgan fingerprint density at radius 3 is 2.91 bits per heavy atom. The number of carbonyl (C=O) groups excluding carboxylic acids is 1. The van der Waals surface area contributed by atoms with Gasteiger partial charge in [-0.2, -0.15) is 0 Å². The van der Waals surface area contributed by atoms with Gasteiger partial charge in [-0.1, -0.05) is 0 Å². The number of ether oxygens (including phenoxy) is 1. The molecule has 4 nitrogen and oxygen atoms in total. The SMILES string of the molecule is COC(=O)C[C@H]1CNC[C@@H]1O. The van der Waals surface area contributed by atoms with Crippen molar-refractivity contribution in [2.75, 3.05) is 20.2 Å². The van der Waals surface area contributed by atoms with Crippen molar-refractivity contribution in [2.24, 2.45) is 5.92 Å². The van der Waals surface area contributed by atoms with E-state index in [0.29, 0.717) is 19.5 Å². The molecule has 1 fully saturated rings. The number of aliphatic hydroxyl groups is 1. The molecule has 0 aromatic heterocycles. The minimum Gasteiger partial charge on any atom is -0.469 e. The first-order valence-electron chi connectivity index (χ1n) is 3.69. The average molecular weight is 159 g/mol. The summed E-state index contributed by atoms with van der Waals surface area (Å²) in [5.74, 6) is -0.222. The van der Waals surface area contributed by atoms with E-state index in [4.69, 9.17) is 0 Å². The van der Waals surface area contributed by atoms with Crippen molar-refractivity contribution in [2.45, 2.75) is 12.5 Å². The van der Waals surface area contributed by atoms with Gasteiger partial charge < -0.3 is 15.2 Å². The molecular weight excluding hydrogens is 146 g/mol. The van der Waals surface area contributed by atoms with Crippen LogP contribution in [0.4, 0.5) is 0 Å². The van der Waals surface area contributed by atoms with Crippen LogP contribution in [0.2, 0.25) is 0 Å². The van der Waals surface area contributed by atoms with Crippen LogP contribution in [0.15, 0.2) is 0 Å². The lowest BCUT2D eigenvalue weighted by Gasteiger charge is -2.10. The predicted molar refractivity (Wildman–Crippen MR) is 39.0 cm³/mol. The summed E-state index contributed by atoms with van der Waals surface area (Å²) in [4.78, 5) is 10.8. The Bertz CT molecular complexity index is 149. The summed E-state index contributed by atoms with van der Waals surface area (Å²) in [6.07, 6.45) is -0.0842. The first-order chi connectivity index (χ1) is 5.24. The number of hydrogen-bond donors (Lipinski definition) is 2. The average Bonchev–Trinajstić information content (AvgIpc) is 2.37. The van der Waals surface area contributed by atoms with Gasteiger partial charge in [0.05, 0.1) is 19.6 Å². The number of rotatable bonds is 2. The van der Waals surface area contributed by atoms with E-state index in [1.54, 1.807) is 0 Å². The van der Waals surface area contributed by atoms with Gasteiger partial charge in [-0.05, 0) is 0 Å². The fourth-order valence-corrected chi connectivity index (χ4v) is 1.22. The fourth-order valence-electron chi connectivity index (χ4n) is 1.22. The number of nitrogens with one attached hydrogen (secondary N) is 1. The second kappa shape index (κ2) is 3.69. The standard InChI is InChI=1S/C7H13NO3/c1-11-7(10)2-5-3-8-4-6(5)9/h5-6,8-9H,2-4H2,1H3/t5-,6-/m0/s1. The Morgan fingerprint density at radius 1 is 1.73 bits per heavy atom. The second-order valence-corrected chi connectivity index (χ2v) is 2.77. The summed E-state index contributed by atoms with van der Waals surface area (Å²) in [6.45, 7) is 1.29. The Labute approximate surface area is 65.5 Å². The van der Waals surface area contributed by atoms with E-state index < -0.39 is 6.10 Å². The quantitative estimate of drug-likeness (QED) is 0.514. The van der Waals surface area contributed by atoms with E-state index in [0.717, 1.165) is 0 Å². The van der Waals surface area contributed by atoms with Crippen molar-refractivity contribution in [1.29, 1.82) is 0 Å². The maximum atomic E-state index is 10.8. The lowest BCUT2D eigenvalue weighted by atomic mass is 10.0. The first kappa shape index (κ1) is 8.49. The van der Waals surface area contributed by atoms with Gasteiger partial charge in [-0.15, -0.1) is 0 Å². The summed E-state index contributed by atoms with van der Waals surface area (Å²) in [5.41, 5.74) is 0. The molecule has 0 aromatic carbocycles. The molecule has 1 saturated heterocycles. The summed E-state index contributed by atoms with van der Waals surface area (Å²) in [5, 5.41) is 12.3. The molecule has 0 aromatic rings. The number of esters is 1. The molecule has 2 atom stereocenters. The monoisotopic (exact) mass is 159 g/mol. The molecule has 2 N–H and O–H groups in total. The molecule has 1 rings (SSSR count). The maximum absolute atomic E-state index is 10.8. The zero-order chi connectivity index (χ0) is 8.27. The van der Waals surface area contributed by atoms with Crippen molar-refractivity contribution in [1.82, 2.24) is 5.32 Å². The summed E-state index contributed by atoms with van der Waals surface area (Å²) < 4.78 is 4.48. The highest BCUT2D eigenvalue weighted by atomic mass is 16.5. The molecule has 0 bridgehead atoms. The maximum Gasteiger partial charge on any atom is 0.305 e. The molecule has 64 valence electrons. The fraction of sp³-hybridized carbons (Fsp3) is 0.857. The third-order valence-corrected chi connectivity index (χ3v) is 1.96. The van der Waals surface area contributed by atoms with Crippen LogP contribution >= 0.6 is 0 Å². The molecule has 11 heavy (non-hydrogen) atoms. The van der Waals surface area contributed by atoms with E-state index in [2.05, 4.69) is 10.1 Å². The lowest BCUT2D eigenvalue weighted by molar-refractivity contribution is -0.142. The Hall–Kier alpha value is -0.610. The van der Waals surface area contributed by atoms with E-state index in [1.165, 1.54) is 7.11 Å². The van der Waals surface area contributed by atoms with Crippen molar-refractivity contribution >= 4 is 5.97 Å². The minimum absolute atomic E-state index is 0.0300. The Balaban J connectivity index is 2.30. The largest absolute Gasteiger partial charge is 0.469 e. The van der Waals surface area contributed by atoms with Crippen LogP contribution in [-0.2, 0) is 9.53 Å². The van der Waals surface area contributed by atoms with Gasteiger partial charge in [0, 0.05) is 19.0 Å². The molecule has 1 aliphatic heterocycles. The van der Waals surface area contributed by atoms with Crippen LogP contribution in [-0.4, -0.2) is 37.4 Å². The number of carbonyl (C=O) groups is 1. The van der Waals surface area contributed by atoms with Crippen LogP contribution in [0.1, 0.15) is 6.42 Å². The van der Waals surface area contributed by atoms with Crippen LogP contribution in [0.3, 0.4) is 0 Å². The predicted octanol–water partition coefficient (Wildman–Crippen LogP) is -0.870. The van der Waals surface area contributed by atoms with Gasteiger partial charge in [0.15, 0.2) is 0 Å². The van der Waals surface area contributed by atoms with E-state index >= 15 is 0 Å². The van der Waals surface area contributed by atoms with Crippen molar-refractivity contribution in [3.8, 4) is 0 Å². The summed E-state index contributed by atoms with van der Waals surface area (Å²) in [6, 6.07) is 0. The van der Waals surface area contributed by atoms with Crippen LogP contribution in [0.5, 0.6) is 0 Å². The van der Waals surface area contributed by atoms with Gasteiger partial charge in [-0.25, -0.2) is 0 Å². The van der Waals surface area contributed by atoms with Gasteiger partial charge >= 0.3 is 5.97 Å². The topological polar surface area (TPSA) is 58.6 Å². The highest BCUT2D eigenvalue weighted by molar-refractivity contribution is 5.69. The Kier molecular flexibility index (Phi) is 2.84. The van der Waals surface area contributed by atoms with Gasteiger partial charge in [0.25, 0.3) is 0 Å². The Morgan fingerprint density at radius 2 is 2.45 bits per heavy atom. The molecule has 0 amide bonds. The number of β-amino-alcohol motifs (C(OH)–C–C–N with tert-alkyl or cyclic N) is 1. The molecule has 0 unspecified atom stereocenters. The molecule has 4 heteroatoms. The van der Waals surface area contributed by atoms with Crippen LogP contribution in [0.25, 0.3) is 0 Å². The number of hydrogen-bond acceptors (Lipinski definition) is 4. The van der Waals surface area contributed by atoms with Crippen LogP contribution < -0.4 is 5.32 Å². The molecule has 0 spiro atoms. The second-order valence-electron chi connectivity index (χ2n) is 2.77. The number of aliphatic hydroxyl groups excluding tert-OH is 1. The molecular formula is C7H13NO3. The molecule has 1 heterocycles. The minimum atomic E-state index is -0.394. The van der Waals surface area contributed by atoms with Gasteiger partial charge in [0.2, 0.25) is 0 Å². The summed E-state index contributed by atoms with van der Waals surface area (Å²) >= 11 is 0. The summed E-state index contributed by atoms with van der Waals surface area (Å²) in [7, 11) is 1.36. The molecule has 0 aliphatic carbocycles. The van der Waals surface area contributed by atoms with E-state index in [9.17, 15) is 9.90 Å². The zero-order valence-electron chi connectivity index (χ0n) is 6.54. The number of methoxy groups -OCH3 is 1. The van der Waals surface area contributed by atoms with Crippen LogP contribution in [0, 0.1) is 5.92 Å². The van der Waals surface area contributed by atoms with Gasteiger partial charge in [0.1, 0.15) is 0 Å². The van der Waals surface area contributed by atoms with Gasteiger partial charge in [-0.3, -0.25) is 4.79 Å². The van der Waals surface area contributed by atoms with E-state index in [-0.39, 0.29) is 11.9 Å². The van der Waals surface area contributed by atoms with Crippen molar-refractivity contribution in [3.05, 3.63) is 0 Å². The molecule has 0 radical (unpaired) electrons. The van der Waals surface area contributed by atoms with Crippen molar-refractivity contribution < 1.29 is 14.6 Å². The third kappa shape index (κ3) is 2.17. The van der Waals surface area contributed by atoms with Crippen molar-refractivity contribution in [3.63, 3.8) is 0 Å². The first-order valence-corrected chi connectivity index (χ1v) is 3.69. The molecule has 0 saturated carbocycles. The highest BCUT2D eigenvalue weighted by Crippen LogP contribution is 2.13. The smallest absolute Gasteiger partial charge is 0.305 e. The lowest BCUT2D eigenvalue weighted by Crippen LogP contribution is -2.21. The normalized spacial score (nSPS) is 30.4.